The van der Waals surface area contributed by atoms with Crippen molar-refractivity contribution in [2.75, 3.05) is 23.7 Å². The van der Waals surface area contributed by atoms with E-state index in [0.29, 0.717) is 13.1 Å². The lowest BCUT2D eigenvalue weighted by Crippen LogP contribution is -2.28. The molecule has 0 aromatic heterocycles. The van der Waals surface area contributed by atoms with Gasteiger partial charge in [0.25, 0.3) is 20.2 Å². The molecule has 12 nitrogen and oxygen atoms in total. The Bertz CT molecular complexity index is 1220. The molecule has 0 saturated carbocycles. The van der Waals surface area contributed by atoms with Gasteiger partial charge in [0.1, 0.15) is 9.79 Å². The molecule has 0 aliphatic carbocycles. The number of hydrogen-bond donors (Lipinski definition) is 6. The van der Waals surface area contributed by atoms with E-state index in [9.17, 15) is 35.5 Å². The zero-order chi connectivity index (χ0) is 25.5. The lowest BCUT2D eigenvalue weighted by atomic mass is 10.1. The number of amides is 4. The fourth-order valence-electron chi connectivity index (χ4n) is 2.80. The predicted octanol–water partition coefficient (Wildman–Crippen LogP) is 2.63. The van der Waals surface area contributed by atoms with E-state index in [-0.39, 0.29) is 22.5 Å². The molecule has 0 radical (unpaired) electrons. The topological polar surface area (TPSA) is 191 Å². The van der Waals surface area contributed by atoms with Crippen LogP contribution in [0.2, 0.25) is 0 Å². The molecule has 0 heterocycles. The summed E-state index contributed by atoms with van der Waals surface area (Å²) < 4.78 is 66.7. The van der Waals surface area contributed by atoms with Gasteiger partial charge in [-0.05, 0) is 49.2 Å². The van der Waals surface area contributed by atoms with Crippen molar-refractivity contribution in [3.63, 3.8) is 0 Å². The van der Waals surface area contributed by atoms with Gasteiger partial charge in [-0.15, -0.1) is 0 Å². The highest BCUT2D eigenvalue weighted by atomic mass is 32.2. The predicted molar refractivity (Wildman–Crippen MR) is 127 cm³/mol. The van der Waals surface area contributed by atoms with Gasteiger partial charge in [0.2, 0.25) is 0 Å². The Labute approximate surface area is 196 Å². The van der Waals surface area contributed by atoms with Gasteiger partial charge in [0.15, 0.2) is 0 Å². The van der Waals surface area contributed by atoms with Crippen LogP contribution in [0, 0.1) is 0 Å². The molecule has 34 heavy (non-hydrogen) atoms. The molecule has 184 valence electrons. The lowest BCUT2D eigenvalue weighted by molar-refractivity contribution is 0.251. The molecule has 0 aliphatic rings. The highest BCUT2D eigenvalue weighted by molar-refractivity contribution is 7.86. The second-order valence-electron chi connectivity index (χ2n) is 6.76. The number of urea groups is 2. The molecule has 0 fully saturated rings. The number of anilines is 2. The van der Waals surface area contributed by atoms with Gasteiger partial charge in [-0.3, -0.25) is 9.11 Å². The first-order chi connectivity index (χ1) is 15.8. The number of hydrogen-bond acceptors (Lipinski definition) is 6. The molecule has 0 spiro atoms. The summed E-state index contributed by atoms with van der Waals surface area (Å²) in [5.41, 5.74) is 0.148. The average Bonchev–Trinajstić information content (AvgIpc) is 2.72. The summed E-state index contributed by atoms with van der Waals surface area (Å²) in [5.74, 6) is 0. The van der Waals surface area contributed by atoms with Crippen LogP contribution in [0.5, 0.6) is 0 Å². The van der Waals surface area contributed by atoms with Gasteiger partial charge in [-0.25, -0.2) is 9.59 Å². The maximum Gasteiger partial charge on any atom is 0.319 e. The first kappa shape index (κ1) is 26.8. The van der Waals surface area contributed by atoms with Crippen molar-refractivity contribution in [1.29, 1.82) is 0 Å². The SMILES string of the molecule is CCNC(=O)Nc1ccc(/C=C/c2ccc(NC(=O)NCC)cc2S(=O)(=O)O)c(S(=O)(=O)O)c1. The van der Waals surface area contributed by atoms with E-state index in [0.717, 1.165) is 12.1 Å². The van der Waals surface area contributed by atoms with Crippen molar-refractivity contribution >= 4 is 55.8 Å². The quantitative estimate of drug-likeness (QED) is 0.230. The van der Waals surface area contributed by atoms with Crippen LogP contribution in [0.25, 0.3) is 12.2 Å². The Morgan fingerprint density at radius 1 is 0.735 bits per heavy atom. The van der Waals surface area contributed by atoms with Crippen molar-refractivity contribution in [2.45, 2.75) is 23.6 Å². The standard InChI is InChI=1S/C20H24N4O8S2/c1-3-21-19(25)23-15-9-7-13(17(11-15)33(27,28)29)5-6-14-8-10-16(24-20(26)22-4-2)12-18(14)34(30,31)32/h5-12H,3-4H2,1-2H3,(H2,21,23,25)(H2,22,24,26)(H,27,28,29)(H,30,31,32)/b6-5+. The fourth-order valence-corrected chi connectivity index (χ4v) is 4.22. The normalized spacial score (nSPS) is 11.8. The minimum absolute atomic E-state index is 0.0187. The molecule has 2 aromatic carbocycles. The van der Waals surface area contributed by atoms with Crippen molar-refractivity contribution in [2.24, 2.45) is 0 Å². The van der Waals surface area contributed by atoms with Crippen molar-refractivity contribution in [1.82, 2.24) is 10.6 Å². The van der Waals surface area contributed by atoms with Gasteiger partial charge >= 0.3 is 12.1 Å². The Morgan fingerprint density at radius 3 is 1.38 bits per heavy atom. The maximum atomic E-state index is 11.9. The molecule has 2 rings (SSSR count). The van der Waals surface area contributed by atoms with Crippen LogP contribution in [0.3, 0.4) is 0 Å². The molecular formula is C20H24N4O8S2. The van der Waals surface area contributed by atoms with Gasteiger partial charge in [0.05, 0.1) is 0 Å². The third-order valence-corrected chi connectivity index (χ3v) is 6.03. The second-order valence-corrected chi connectivity index (χ2v) is 9.54. The maximum absolute atomic E-state index is 11.9. The Morgan fingerprint density at radius 2 is 1.09 bits per heavy atom. The number of carbonyl (C=O) groups is 2. The van der Waals surface area contributed by atoms with Crippen molar-refractivity contribution < 1.29 is 35.5 Å². The Hall–Kier alpha value is -3.46. The van der Waals surface area contributed by atoms with E-state index in [2.05, 4.69) is 21.3 Å². The Balaban J connectivity index is 2.47. The van der Waals surface area contributed by atoms with Crippen LogP contribution in [0.15, 0.2) is 46.2 Å². The molecule has 6 N–H and O–H groups in total. The van der Waals surface area contributed by atoms with Crippen LogP contribution in [0.4, 0.5) is 21.0 Å². The lowest BCUT2D eigenvalue weighted by Gasteiger charge is -2.10. The van der Waals surface area contributed by atoms with Crippen molar-refractivity contribution in [3.8, 4) is 0 Å². The highest BCUT2D eigenvalue weighted by Gasteiger charge is 2.18. The average molecular weight is 513 g/mol. The van der Waals surface area contributed by atoms with Crippen LogP contribution < -0.4 is 21.3 Å². The third-order valence-electron chi connectivity index (χ3n) is 4.22. The number of nitrogens with one attached hydrogen (secondary N) is 4. The second kappa shape index (κ2) is 11.1. The Kier molecular flexibility index (Phi) is 8.75. The smallest absolute Gasteiger partial charge is 0.319 e. The van der Waals surface area contributed by atoms with Crippen LogP contribution in [-0.2, 0) is 20.2 Å². The summed E-state index contributed by atoms with van der Waals surface area (Å²) in [7, 11) is -9.44. The molecule has 0 atom stereocenters. The summed E-state index contributed by atoms with van der Waals surface area (Å²) in [6.07, 6.45) is 2.42. The molecule has 0 aliphatic heterocycles. The molecule has 0 bridgehead atoms. The highest BCUT2D eigenvalue weighted by Crippen LogP contribution is 2.26. The molecule has 2 aromatic rings. The van der Waals surface area contributed by atoms with E-state index in [1.54, 1.807) is 13.8 Å². The number of carbonyl (C=O) groups excluding carboxylic acids is 2. The zero-order valence-corrected chi connectivity index (χ0v) is 19.8. The van der Waals surface area contributed by atoms with Gasteiger partial charge < -0.3 is 21.3 Å². The summed E-state index contributed by atoms with van der Waals surface area (Å²) in [4.78, 5) is 22.3. The molecular weight excluding hydrogens is 488 g/mol. The summed E-state index contributed by atoms with van der Waals surface area (Å²) in [6, 6.07) is 6.26. The minimum Gasteiger partial charge on any atom is -0.338 e. The van der Waals surface area contributed by atoms with Crippen LogP contribution >= 0.6 is 0 Å². The van der Waals surface area contributed by atoms with Gasteiger partial charge in [-0.2, -0.15) is 16.8 Å². The first-order valence-electron chi connectivity index (χ1n) is 9.86. The van der Waals surface area contributed by atoms with E-state index in [1.165, 1.54) is 36.4 Å². The first-order valence-corrected chi connectivity index (χ1v) is 12.7. The van der Waals surface area contributed by atoms with E-state index < -0.39 is 42.1 Å². The minimum atomic E-state index is -4.72. The zero-order valence-electron chi connectivity index (χ0n) is 18.2. The summed E-state index contributed by atoms with van der Waals surface area (Å²) in [6.45, 7) is 4.07. The van der Waals surface area contributed by atoms with Gasteiger partial charge in [-0.1, -0.05) is 24.3 Å². The largest absolute Gasteiger partial charge is 0.338 e. The summed E-state index contributed by atoms with van der Waals surface area (Å²) >= 11 is 0. The van der Waals surface area contributed by atoms with E-state index >= 15 is 0 Å². The van der Waals surface area contributed by atoms with E-state index in [1.807, 2.05) is 0 Å². The molecule has 0 unspecified atom stereocenters. The number of benzene rings is 2. The van der Waals surface area contributed by atoms with Crippen LogP contribution in [-0.4, -0.2) is 51.1 Å². The molecule has 4 amide bonds. The summed E-state index contributed by atoms with van der Waals surface area (Å²) in [5, 5.41) is 9.77. The van der Waals surface area contributed by atoms with E-state index in [4.69, 9.17) is 0 Å². The monoisotopic (exact) mass is 512 g/mol. The third kappa shape index (κ3) is 7.55. The molecule has 14 heteroatoms. The number of rotatable bonds is 8. The van der Waals surface area contributed by atoms with Crippen LogP contribution in [0.1, 0.15) is 25.0 Å². The van der Waals surface area contributed by atoms with Crippen molar-refractivity contribution in [3.05, 3.63) is 47.5 Å². The fraction of sp³-hybridized carbons (Fsp3) is 0.200. The van der Waals surface area contributed by atoms with Gasteiger partial charge in [0, 0.05) is 24.5 Å². The molecule has 0 saturated heterocycles.